The van der Waals surface area contributed by atoms with Crippen molar-refractivity contribution in [3.05, 3.63) is 53.6 Å². The molecule has 4 heteroatoms. The summed E-state index contributed by atoms with van der Waals surface area (Å²) in [6, 6.07) is 13.5. The second-order valence-electron chi connectivity index (χ2n) is 4.80. The summed E-state index contributed by atoms with van der Waals surface area (Å²) >= 11 is 0. The van der Waals surface area contributed by atoms with Gasteiger partial charge in [-0.2, -0.15) is 0 Å². The van der Waals surface area contributed by atoms with Gasteiger partial charge in [0.15, 0.2) is 11.5 Å². The molecule has 0 spiro atoms. The Bertz CT molecular complexity index is 596. The minimum Gasteiger partial charge on any atom is -0.493 e. The van der Waals surface area contributed by atoms with E-state index in [1.54, 1.807) is 14.2 Å². The van der Waals surface area contributed by atoms with Crippen molar-refractivity contribution in [2.75, 3.05) is 14.2 Å². The highest BCUT2D eigenvalue weighted by molar-refractivity contribution is 5.43. The molecule has 0 radical (unpaired) electrons. The van der Waals surface area contributed by atoms with Crippen LogP contribution in [0.25, 0.3) is 0 Å². The molecule has 0 unspecified atom stereocenters. The molecule has 2 N–H and O–H groups in total. The van der Waals surface area contributed by atoms with E-state index >= 15 is 0 Å². The van der Waals surface area contributed by atoms with E-state index < -0.39 is 0 Å². The van der Waals surface area contributed by atoms with Crippen LogP contribution in [0.4, 0.5) is 0 Å². The van der Waals surface area contributed by atoms with Crippen LogP contribution in [0.2, 0.25) is 0 Å². The zero-order valence-electron chi connectivity index (χ0n) is 12.6. The van der Waals surface area contributed by atoms with Crippen LogP contribution in [0.3, 0.4) is 0 Å². The van der Waals surface area contributed by atoms with Crippen LogP contribution in [0.15, 0.2) is 42.5 Å². The third-order valence-corrected chi connectivity index (χ3v) is 3.25. The molecule has 0 aliphatic carbocycles. The van der Waals surface area contributed by atoms with E-state index in [1.165, 1.54) is 0 Å². The lowest BCUT2D eigenvalue weighted by Gasteiger charge is -2.14. The Hall–Kier alpha value is -2.20. The maximum absolute atomic E-state index is 5.95. The first-order valence-corrected chi connectivity index (χ1v) is 6.84. The molecule has 0 bridgehead atoms. The van der Waals surface area contributed by atoms with Crippen molar-refractivity contribution in [1.29, 1.82) is 0 Å². The molecule has 2 aromatic carbocycles. The smallest absolute Gasteiger partial charge is 0.161 e. The molecule has 0 aliphatic rings. The van der Waals surface area contributed by atoms with E-state index in [0.29, 0.717) is 18.1 Å². The average molecular weight is 287 g/mol. The summed E-state index contributed by atoms with van der Waals surface area (Å²) < 4.78 is 16.4. The lowest BCUT2D eigenvalue weighted by atomic mass is 10.1. The van der Waals surface area contributed by atoms with Gasteiger partial charge in [0.2, 0.25) is 0 Å². The molecule has 0 aliphatic heterocycles. The first-order valence-electron chi connectivity index (χ1n) is 6.84. The maximum Gasteiger partial charge on any atom is 0.161 e. The van der Waals surface area contributed by atoms with Gasteiger partial charge in [0, 0.05) is 11.6 Å². The number of hydrogen-bond donors (Lipinski definition) is 1. The van der Waals surface area contributed by atoms with Gasteiger partial charge in [0.25, 0.3) is 0 Å². The average Bonchev–Trinajstić information content (AvgIpc) is 2.52. The molecule has 4 nitrogen and oxygen atoms in total. The number of hydrogen-bond acceptors (Lipinski definition) is 4. The molecule has 21 heavy (non-hydrogen) atoms. The first kappa shape index (κ1) is 15.2. The topological polar surface area (TPSA) is 53.7 Å². The fourth-order valence-corrected chi connectivity index (χ4v) is 2.12. The largest absolute Gasteiger partial charge is 0.493 e. The Morgan fingerprint density at radius 3 is 2.33 bits per heavy atom. The zero-order valence-corrected chi connectivity index (χ0v) is 12.6. The van der Waals surface area contributed by atoms with Crippen LogP contribution >= 0.6 is 0 Å². The highest BCUT2D eigenvalue weighted by Crippen LogP contribution is 2.29. The van der Waals surface area contributed by atoms with Gasteiger partial charge >= 0.3 is 0 Å². The highest BCUT2D eigenvalue weighted by Gasteiger charge is 2.09. The summed E-state index contributed by atoms with van der Waals surface area (Å²) in [5, 5.41) is 0. The van der Waals surface area contributed by atoms with Crippen molar-refractivity contribution in [2.45, 2.75) is 19.6 Å². The van der Waals surface area contributed by atoms with E-state index in [4.69, 9.17) is 19.9 Å². The molecule has 1 atom stereocenters. The Balaban J connectivity index is 2.13. The number of nitrogens with two attached hydrogens (primary N) is 1. The summed E-state index contributed by atoms with van der Waals surface area (Å²) in [4.78, 5) is 0. The van der Waals surface area contributed by atoms with Crippen molar-refractivity contribution in [2.24, 2.45) is 5.73 Å². The van der Waals surface area contributed by atoms with Crippen molar-refractivity contribution in [1.82, 2.24) is 0 Å². The minimum absolute atomic E-state index is 0.0633. The molecule has 2 rings (SSSR count). The van der Waals surface area contributed by atoms with Gasteiger partial charge in [-0.15, -0.1) is 0 Å². The lowest BCUT2D eigenvalue weighted by Crippen LogP contribution is -2.08. The Morgan fingerprint density at radius 1 is 0.952 bits per heavy atom. The summed E-state index contributed by atoms with van der Waals surface area (Å²) in [7, 11) is 3.24. The second kappa shape index (κ2) is 6.99. The van der Waals surface area contributed by atoms with Crippen LogP contribution in [0.1, 0.15) is 24.1 Å². The lowest BCUT2D eigenvalue weighted by molar-refractivity contribution is 0.299. The highest BCUT2D eigenvalue weighted by atomic mass is 16.5. The molecule has 0 amide bonds. The van der Waals surface area contributed by atoms with Gasteiger partial charge in [-0.25, -0.2) is 0 Å². The molecule has 0 aromatic heterocycles. The van der Waals surface area contributed by atoms with E-state index in [2.05, 4.69) is 0 Å². The van der Waals surface area contributed by atoms with Crippen molar-refractivity contribution in [3.63, 3.8) is 0 Å². The zero-order chi connectivity index (χ0) is 15.2. The SMILES string of the molecule is COc1ccc(COc2ccccc2[C@H](C)N)cc1OC. The quantitative estimate of drug-likeness (QED) is 0.885. The first-order chi connectivity index (χ1) is 10.2. The molecule has 112 valence electrons. The predicted molar refractivity (Wildman–Crippen MR) is 82.9 cm³/mol. The molecule has 0 saturated heterocycles. The van der Waals surface area contributed by atoms with Crippen molar-refractivity contribution in [3.8, 4) is 17.2 Å². The van der Waals surface area contributed by atoms with Gasteiger partial charge < -0.3 is 19.9 Å². The summed E-state index contributed by atoms with van der Waals surface area (Å²) in [6.07, 6.45) is 0. The minimum atomic E-state index is -0.0633. The summed E-state index contributed by atoms with van der Waals surface area (Å²) in [6.45, 7) is 2.39. The van der Waals surface area contributed by atoms with E-state index in [9.17, 15) is 0 Å². The number of methoxy groups -OCH3 is 2. The van der Waals surface area contributed by atoms with Gasteiger partial charge in [0.05, 0.1) is 14.2 Å². The number of ether oxygens (including phenoxy) is 3. The van der Waals surface area contributed by atoms with E-state index in [-0.39, 0.29) is 6.04 Å². The number of benzene rings is 2. The molecule has 0 saturated carbocycles. The Kier molecular flexibility index (Phi) is 5.06. The molecular weight excluding hydrogens is 266 g/mol. The molecule has 2 aromatic rings. The second-order valence-corrected chi connectivity index (χ2v) is 4.80. The van der Waals surface area contributed by atoms with Crippen LogP contribution in [-0.2, 0) is 6.61 Å². The van der Waals surface area contributed by atoms with Crippen LogP contribution in [0, 0.1) is 0 Å². The van der Waals surface area contributed by atoms with Crippen LogP contribution in [0.5, 0.6) is 17.2 Å². The molecule has 0 heterocycles. The fourth-order valence-electron chi connectivity index (χ4n) is 2.12. The van der Waals surface area contributed by atoms with E-state index in [0.717, 1.165) is 16.9 Å². The van der Waals surface area contributed by atoms with Gasteiger partial charge in [-0.1, -0.05) is 24.3 Å². The monoisotopic (exact) mass is 287 g/mol. The Morgan fingerprint density at radius 2 is 1.67 bits per heavy atom. The number of para-hydroxylation sites is 1. The normalized spacial score (nSPS) is 11.8. The van der Waals surface area contributed by atoms with E-state index in [1.807, 2.05) is 49.4 Å². The molecular formula is C17H21NO3. The van der Waals surface area contributed by atoms with Crippen LogP contribution in [-0.4, -0.2) is 14.2 Å². The molecule has 0 fully saturated rings. The Labute approximate surface area is 125 Å². The van der Waals surface area contributed by atoms with Gasteiger partial charge in [0.1, 0.15) is 12.4 Å². The number of rotatable bonds is 6. The predicted octanol–water partition coefficient (Wildman–Crippen LogP) is 3.30. The summed E-state index contributed by atoms with van der Waals surface area (Å²) in [5.74, 6) is 2.21. The van der Waals surface area contributed by atoms with Crippen molar-refractivity contribution >= 4 is 0 Å². The van der Waals surface area contributed by atoms with Crippen LogP contribution < -0.4 is 19.9 Å². The van der Waals surface area contributed by atoms with Crippen molar-refractivity contribution < 1.29 is 14.2 Å². The standard InChI is InChI=1S/C17H21NO3/c1-12(18)14-6-4-5-7-15(14)21-11-13-8-9-16(19-2)17(10-13)20-3/h4-10,12H,11,18H2,1-3H3/t12-/m0/s1. The third-order valence-electron chi connectivity index (χ3n) is 3.25. The van der Waals surface area contributed by atoms with Gasteiger partial charge in [-0.05, 0) is 30.7 Å². The maximum atomic E-state index is 5.95. The summed E-state index contributed by atoms with van der Waals surface area (Å²) in [5.41, 5.74) is 7.96. The fraction of sp³-hybridized carbons (Fsp3) is 0.294. The third kappa shape index (κ3) is 3.67. The van der Waals surface area contributed by atoms with Gasteiger partial charge in [-0.3, -0.25) is 0 Å².